The van der Waals surface area contributed by atoms with Crippen LogP contribution in [0.15, 0.2) is 47.2 Å². The summed E-state index contributed by atoms with van der Waals surface area (Å²) in [4.78, 5) is 11.6. The Balaban J connectivity index is 1.22. The van der Waals surface area contributed by atoms with Gasteiger partial charge in [-0.05, 0) is 30.2 Å². The maximum atomic E-state index is 6.22. The van der Waals surface area contributed by atoms with Gasteiger partial charge in [-0.15, -0.1) is 5.10 Å². The molecule has 0 saturated carbocycles. The maximum absolute atomic E-state index is 6.22. The normalized spacial score (nSPS) is 14.1. The highest BCUT2D eigenvalue weighted by molar-refractivity contribution is 5.90. The van der Waals surface area contributed by atoms with Crippen molar-refractivity contribution in [2.24, 2.45) is 0 Å². The molecule has 0 fully saturated rings. The molecule has 11 nitrogen and oxygen atoms in total. The summed E-state index contributed by atoms with van der Waals surface area (Å²) in [5, 5.41) is 9.83. The number of anilines is 1. The van der Waals surface area contributed by atoms with Crippen LogP contribution in [0.2, 0.25) is 0 Å². The largest absolute Gasteiger partial charge is 0.491 e. The van der Waals surface area contributed by atoms with Crippen LogP contribution in [0.25, 0.3) is 28.3 Å². The van der Waals surface area contributed by atoms with Crippen LogP contribution in [-0.2, 0) is 24.2 Å². The van der Waals surface area contributed by atoms with Crippen LogP contribution in [0.4, 0.5) is 5.95 Å². The van der Waals surface area contributed by atoms with Gasteiger partial charge in [-0.1, -0.05) is 12.1 Å². The predicted molar refractivity (Wildman–Crippen MR) is 129 cm³/mol. The number of hydrogen-bond acceptors (Lipinski definition) is 9. The van der Waals surface area contributed by atoms with Gasteiger partial charge in [0.25, 0.3) is 0 Å². The minimum atomic E-state index is 0.254. The Hall–Kier alpha value is -3.96. The summed E-state index contributed by atoms with van der Waals surface area (Å²) in [6.45, 7) is 4.40. The van der Waals surface area contributed by atoms with Gasteiger partial charge in [-0.25, -0.2) is 9.67 Å². The van der Waals surface area contributed by atoms with E-state index in [4.69, 9.17) is 19.6 Å². The lowest BCUT2D eigenvalue weighted by molar-refractivity contribution is 0.144. The molecule has 0 amide bonds. The molecule has 0 unspecified atom stereocenters. The third-order valence-electron chi connectivity index (χ3n) is 6.32. The van der Waals surface area contributed by atoms with E-state index in [-0.39, 0.29) is 5.95 Å². The number of nitrogens with two attached hydrogens (primary N) is 1. The van der Waals surface area contributed by atoms with E-state index in [1.165, 1.54) is 15.6 Å². The Morgan fingerprint density at radius 1 is 1.09 bits per heavy atom. The Morgan fingerprint density at radius 3 is 2.89 bits per heavy atom. The van der Waals surface area contributed by atoms with Gasteiger partial charge >= 0.3 is 0 Å². The predicted octanol–water partition coefficient (Wildman–Crippen LogP) is 2.40. The van der Waals surface area contributed by atoms with Crippen molar-refractivity contribution in [2.75, 3.05) is 39.1 Å². The number of hydrogen-bond donors (Lipinski definition) is 1. The van der Waals surface area contributed by atoms with Gasteiger partial charge < -0.3 is 19.6 Å². The zero-order valence-corrected chi connectivity index (χ0v) is 19.4. The molecule has 0 radical (unpaired) electrons. The number of rotatable bonds is 8. The molecule has 1 aliphatic rings. The molecule has 1 aliphatic heterocycles. The van der Waals surface area contributed by atoms with Crippen molar-refractivity contribution >= 4 is 22.6 Å². The number of nitrogens with zero attached hydrogens (tertiary/aromatic N) is 7. The summed E-state index contributed by atoms with van der Waals surface area (Å²) in [6, 6.07) is 9.88. The first-order valence-corrected chi connectivity index (χ1v) is 11.6. The molecule has 2 N–H and O–H groups in total. The number of methoxy groups -OCH3 is 1. The second kappa shape index (κ2) is 9.01. The smallest absolute Gasteiger partial charge is 0.225 e. The van der Waals surface area contributed by atoms with Gasteiger partial charge in [-0.3, -0.25) is 4.90 Å². The molecule has 1 aromatic carbocycles. The fourth-order valence-electron chi connectivity index (χ4n) is 4.53. The van der Waals surface area contributed by atoms with E-state index < -0.39 is 0 Å². The molecular formula is C24H26N8O3. The molecule has 11 heteroatoms. The number of fused-ring (bicyclic) bond motifs is 4. The number of nitrogen functional groups attached to an aromatic ring is 1. The summed E-state index contributed by atoms with van der Waals surface area (Å²) in [7, 11) is 1.68. The molecule has 0 atom stereocenters. The monoisotopic (exact) mass is 474 g/mol. The van der Waals surface area contributed by atoms with Crippen molar-refractivity contribution in [1.29, 1.82) is 0 Å². The summed E-state index contributed by atoms with van der Waals surface area (Å²) in [5.41, 5.74) is 10.1. The van der Waals surface area contributed by atoms with Gasteiger partial charge in [0.1, 0.15) is 12.4 Å². The zero-order chi connectivity index (χ0) is 23.8. The molecular weight excluding hydrogens is 448 g/mol. The maximum Gasteiger partial charge on any atom is 0.225 e. The lowest BCUT2D eigenvalue weighted by Crippen LogP contribution is -2.33. The van der Waals surface area contributed by atoms with Gasteiger partial charge in [0, 0.05) is 32.3 Å². The third-order valence-corrected chi connectivity index (χ3v) is 6.32. The fraction of sp³-hybridized carbons (Fsp3) is 0.333. The number of ether oxygens (including phenoxy) is 2. The van der Waals surface area contributed by atoms with Crippen LogP contribution >= 0.6 is 0 Å². The number of benzene rings is 1. The first-order chi connectivity index (χ1) is 17.2. The first kappa shape index (κ1) is 21.6. The number of furan rings is 1. The van der Waals surface area contributed by atoms with Crippen LogP contribution in [0, 0.1) is 0 Å². The molecule has 0 spiro atoms. The average Bonchev–Trinajstić information content (AvgIpc) is 3.63. The Morgan fingerprint density at radius 2 is 2.03 bits per heavy atom. The SMILES string of the molecule is COCCOc1cccc2c1CN(CCn1ncc3c1nc(N)n1nc(-c4ccco4)nc31)CC2. The van der Waals surface area contributed by atoms with Crippen molar-refractivity contribution < 1.29 is 13.9 Å². The molecule has 5 heterocycles. The van der Waals surface area contributed by atoms with Crippen molar-refractivity contribution in [3.05, 3.63) is 53.9 Å². The average molecular weight is 475 g/mol. The van der Waals surface area contributed by atoms with E-state index in [9.17, 15) is 0 Å². The van der Waals surface area contributed by atoms with Gasteiger partial charge in [-0.2, -0.15) is 14.6 Å². The van der Waals surface area contributed by atoms with Crippen LogP contribution in [-0.4, -0.2) is 67.7 Å². The molecule has 5 aromatic rings. The summed E-state index contributed by atoms with van der Waals surface area (Å²) < 4.78 is 19.9. The van der Waals surface area contributed by atoms with E-state index in [1.54, 1.807) is 25.6 Å². The van der Waals surface area contributed by atoms with Gasteiger partial charge in [0.05, 0.1) is 31.0 Å². The van der Waals surface area contributed by atoms with Crippen LogP contribution in [0.3, 0.4) is 0 Å². The lowest BCUT2D eigenvalue weighted by Gasteiger charge is -2.30. The van der Waals surface area contributed by atoms with Crippen molar-refractivity contribution in [1.82, 2.24) is 34.3 Å². The topological polar surface area (TPSA) is 122 Å². The Labute approximate surface area is 201 Å². The lowest BCUT2D eigenvalue weighted by atomic mass is 9.99. The third kappa shape index (κ3) is 3.98. The van der Waals surface area contributed by atoms with E-state index in [2.05, 4.69) is 37.2 Å². The van der Waals surface area contributed by atoms with Crippen molar-refractivity contribution in [3.8, 4) is 17.3 Å². The zero-order valence-electron chi connectivity index (χ0n) is 19.4. The summed E-state index contributed by atoms with van der Waals surface area (Å²) >= 11 is 0. The van der Waals surface area contributed by atoms with E-state index in [0.29, 0.717) is 42.6 Å². The fourth-order valence-corrected chi connectivity index (χ4v) is 4.53. The van der Waals surface area contributed by atoms with E-state index in [1.807, 2.05) is 16.8 Å². The van der Waals surface area contributed by atoms with Crippen LogP contribution < -0.4 is 10.5 Å². The molecule has 0 saturated heterocycles. The first-order valence-electron chi connectivity index (χ1n) is 11.6. The van der Waals surface area contributed by atoms with Crippen molar-refractivity contribution in [2.45, 2.75) is 19.5 Å². The second-order valence-electron chi connectivity index (χ2n) is 8.48. The minimum Gasteiger partial charge on any atom is -0.491 e. The highest BCUT2D eigenvalue weighted by atomic mass is 16.5. The highest BCUT2D eigenvalue weighted by Crippen LogP contribution is 2.28. The summed E-state index contributed by atoms with van der Waals surface area (Å²) in [6.07, 6.45) is 4.34. The Kier molecular flexibility index (Phi) is 5.55. The molecule has 6 rings (SSSR count). The van der Waals surface area contributed by atoms with E-state index in [0.717, 1.165) is 37.2 Å². The molecule has 0 aliphatic carbocycles. The van der Waals surface area contributed by atoms with Gasteiger partial charge in [0.15, 0.2) is 17.1 Å². The van der Waals surface area contributed by atoms with Crippen LogP contribution in [0.5, 0.6) is 5.75 Å². The number of aromatic nitrogens is 6. The molecule has 0 bridgehead atoms. The minimum absolute atomic E-state index is 0.254. The van der Waals surface area contributed by atoms with Crippen LogP contribution in [0.1, 0.15) is 11.1 Å². The van der Waals surface area contributed by atoms with E-state index >= 15 is 0 Å². The van der Waals surface area contributed by atoms with Gasteiger partial charge in [0.2, 0.25) is 11.8 Å². The Bertz CT molecular complexity index is 1470. The summed E-state index contributed by atoms with van der Waals surface area (Å²) in [5.74, 6) is 2.22. The quantitative estimate of drug-likeness (QED) is 0.338. The molecule has 35 heavy (non-hydrogen) atoms. The highest BCUT2D eigenvalue weighted by Gasteiger charge is 2.21. The van der Waals surface area contributed by atoms with Crippen molar-refractivity contribution in [3.63, 3.8) is 0 Å². The molecule has 180 valence electrons. The standard InChI is InChI=1S/C24H26N8O3/c1-33-12-13-35-19-5-2-4-16-7-8-30(15-18(16)19)9-10-31-22-17(14-26-31)23-27-21(20-6-3-11-34-20)29-32(23)24(25)28-22/h2-6,11,14H,7-10,12-13,15H2,1H3,(H2,25,28). The molecule has 4 aromatic heterocycles. The second-order valence-corrected chi connectivity index (χ2v) is 8.48.